The van der Waals surface area contributed by atoms with E-state index in [0.29, 0.717) is 42.7 Å². The summed E-state index contributed by atoms with van der Waals surface area (Å²) in [7, 11) is 1.71. The van der Waals surface area contributed by atoms with Crippen LogP contribution in [0.3, 0.4) is 0 Å². The molecule has 4 aliphatic heterocycles. The van der Waals surface area contributed by atoms with Gasteiger partial charge in [-0.3, -0.25) is 9.88 Å². The highest BCUT2D eigenvalue weighted by atomic mass is 16.5. The maximum Gasteiger partial charge on any atom is 0.235 e. The van der Waals surface area contributed by atoms with Crippen LogP contribution in [0.5, 0.6) is 11.6 Å². The van der Waals surface area contributed by atoms with Crippen molar-refractivity contribution in [2.75, 3.05) is 33.4 Å². The number of fused-ring (bicyclic) bond motifs is 4. The molecule has 3 aromatic rings. The van der Waals surface area contributed by atoms with E-state index in [0.717, 1.165) is 41.9 Å². The summed E-state index contributed by atoms with van der Waals surface area (Å²) in [6.07, 6.45) is 6.21. The van der Waals surface area contributed by atoms with E-state index in [1.54, 1.807) is 7.11 Å². The number of methoxy groups -OCH3 is 1. The minimum atomic E-state index is -0.308. The summed E-state index contributed by atoms with van der Waals surface area (Å²) in [5.41, 5.74) is 2.60. The molecule has 3 saturated heterocycles. The first-order valence-electron chi connectivity index (χ1n) is 13.6. The Morgan fingerprint density at radius 1 is 1.24 bits per heavy atom. The molecule has 5 atom stereocenters. The Labute approximate surface area is 224 Å². The van der Waals surface area contributed by atoms with Crippen molar-refractivity contribution in [2.45, 2.75) is 38.3 Å². The molecule has 2 aromatic heterocycles. The summed E-state index contributed by atoms with van der Waals surface area (Å²) >= 11 is 0. The molecule has 0 radical (unpaired) electrons. The van der Waals surface area contributed by atoms with Crippen molar-refractivity contribution >= 4 is 16.8 Å². The van der Waals surface area contributed by atoms with Crippen LogP contribution >= 0.6 is 0 Å². The average Bonchev–Trinajstić information content (AvgIpc) is 3.47. The number of pyridine rings is 2. The SMILES string of the molecule is C=C[C@H]1CN2CC[C@@H]1C[C@]2(COc1cccc(C2=N[C@H](C(C)C)CO2)n1)c1ccnc2ccc(OC)cc12. The van der Waals surface area contributed by atoms with Crippen LogP contribution in [-0.2, 0) is 10.3 Å². The number of piperidine rings is 3. The second-order valence-electron chi connectivity index (χ2n) is 11.1. The van der Waals surface area contributed by atoms with Crippen LogP contribution in [0.2, 0.25) is 0 Å². The minimum Gasteiger partial charge on any atom is -0.497 e. The normalized spacial score (nSPS) is 28.3. The summed E-state index contributed by atoms with van der Waals surface area (Å²) in [5.74, 6) is 3.49. The number of hydrogen-bond acceptors (Lipinski definition) is 7. The fourth-order valence-corrected chi connectivity index (χ4v) is 6.35. The zero-order chi connectivity index (χ0) is 26.3. The third-order valence-corrected chi connectivity index (χ3v) is 8.61. The van der Waals surface area contributed by atoms with Gasteiger partial charge in [0.1, 0.15) is 24.7 Å². The van der Waals surface area contributed by atoms with E-state index in [4.69, 9.17) is 24.2 Å². The lowest BCUT2D eigenvalue weighted by molar-refractivity contribution is -0.0779. The fraction of sp³-hybridized carbons (Fsp3) is 0.452. The molecule has 0 N–H and O–H groups in total. The van der Waals surface area contributed by atoms with Gasteiger partial charge in [-0.25, -0.2) is 9.98 Å². The maximum absolute atomic E-state index is 6.56. The number of nitrogens with zero attached hydrogens (tertiary/aromatic N) is 4. The van der Waals surface area contributed by atoms with Crippen molar-refractivity contribution in [2.24, 2.45) is 22.7 Å². The van der Waals surface area contributed by atoms with Gasteiger partial charge in [-0.1, -0.05) is 26.0 Å². The largest absolute Gasteiger partial charge is 0.497 e. The maximum atomic E-state index is 6.56. The summed E-state index contributed by atoms with van der Waals surface area (Å²) in [6.45, 7) is 11.5. The smallest absolute Gasteiger partial charge is 0.235 e. The summed E-state index contributed by atoms with van der Waals surface area (Å²) in [6, 6.07) is 14.3. The molecule has 1 unspecified atom stereocenters. The zero-order valence-electron chi connectivity index (χ0n) is 22.5. The highest BCUT2D eigenvalue weighted by Crippen LogP contribution is 2.50. The van der Waals surface area contributed by atoms with E-state index in [-0.39, 0.29) is 11.6 Å². The highest BCUT2D eigenvalue weighted by molar-refractivity contribution is 5.93. The molecule has 7 nitrogen and oxygen atoms in total. The number of ether oxygens (including phenoxy) is 3. The molecule has 7 heteroatoms. The quantitative estimate of drug-likeness (QED) is 0.385. The molecule has 0 aliphatic carbocycles. The van der Waals surface area contributed by atoms with Gasteiger partial charge in [0.15, 0.2) is 0 Å². The second-order valence-corrected chi connectivity index (χ2v) is 11.1. The molecule has 198 valence electrons. The number of aliphatic imine (C=N–C) groups is 1. The Bertz CT molecular complexity index is 1370. The Kier molecular flexibility index (Phi) is 6.56. The first-order chi connectivity index (χ1) is 18.5. The summed E-state index contributed by atoms with van der Waals surface area (Å²) < 4.78 is 18.0. The Hall–Kier alpha value is -3.45. The van der Waals surface area contributed by atoms with Crippen molar-refractivity contribution in [3.05, 3.63) is 72.6 Å². The lowest BCUT2D eigenvalue weighted by atomic mass is 9.66. The van der Waals surface area contributed by atoms with Gasteiger partial charge < -0.3 is 14.2 Å². The van der Waals surface area contributed by atoms with Gasteiger partial charge in [-0.2, -0.15) is 0 Å². The lowest BCUT2D eigenvalue weighted by Crippen LogP contribution is -2.61. The summed E-state index contributed by atoms with van der Waals surface area (Å²) in [4.78, 5) is 16.8. The van der Waals surface area contributed by atoms with Crippen molar-refractivity contribution in [3.63, 3.8) is 0 Å². The predicted octanol–water partition coefficient (Wildman–Crippen LogP) is 5.24. The van der Waals surface area contributed by atoms with Crippen molar-refractivity contribution in [1.82, 2.24) is 14.9 Å². The molecule has 0 saturated carbocycles. The Morgan fingerprint density at radius 2 is 2.13 bits per heavy atom. The van der Waals surface area contributed by atoms with E-state index >= 15 is 0 Å². The Morgan fingerprint density at radius 3 is 2.87 bits per heavy atom. The monoisotopic (exact) mass is 512 g/mol. The molecule has 2 bridgehead atoms. The molecule has 6 heterocycles. The Balaban J connectivity index is 1.36. The molecular formula is C31H36N4O3. The average molecular weight is 513 g/mol. The van der Waals surface area contributed by atoms with Crippen LogP contribution in [-0.4, -0.2) is 60.2 Å². The number of rotatable bonds is 8. The van der Waals surface area contributed by atoms with Crippen LogP contribution < -0.4 is 9.47 Å². The van der Waals surface area contributed by atoms with Crippen molar-refractivity contribution < 1.29 is 14.2 Å². The van der Waals surface area contributed by atoms with Gasteiger partial charge in [0.25, 0.3) is 0 Å². The van der Waals surface area contributed by atoms with Crippen molar-refractivity contribution in [1.29, 1.82) is 0 Å². The number of hydrogen-bond donors (Lipinski definition) is 0. The lowest BCUT2D eigenvalue weighted by Gasteiger charge is -2.57. The van der Waals surface area contributed by atoms with Gasteiger partial charge >= 0.3 is 0 Å². The minimum absolute atomic E-state index is 0.167. The molecule has 0 amide bonds. The van der Waals surface area contributed by atoms with Crippen LogP contribution in [0.4, 0.5) is 0 Å². The highest BCUT2D eigenvalue weighted by Gasteiger charge is 2.51. The van der Waals surface area contributed by atoms with Crippen molar-refractivity contribution in [3.8, 4) is 11.6 Å². The van der Waals surface area contributed by atoms with Crippen LogP contribution in [0.25, 0.3) is 10.9 Å². The molecule has 7 rings (SSSR count). The molecule has 3 fully saturated rings. The van der Waals surface area contributed by atoms with Crippen LogP contribution in [0, 0.1) is 17.8 Å². The topological polar surface area (TPSA) is 69.1 Å². The van der Waals surface area contributed by atoms with E-state index in [9.17, 15) is 0 Å². The zero-order valence-corrected chi connectivity index (χ0v) is 22.5. The molecule has 4 aliphatic rings. The molecule has 0 spiro atoms. The second kappa shape index (κ2) is 10.0. The van der Waals surface area contributed by atoms with Gasteiger partial charge in [0.2, 0.25) is 11.8 Å². The fourth-order valence-electron chi connectivity index (χ4n) is 6.35. The van der Waals surface area contributed by atoms with Gasteiger partial charge in [0.05, 0.1) is 24.2 Å². The first-order valence-corrected chi connectivity index (χ1v) is 13.6. The number of benzene rings is 1. The van der Waals surface area contributed by atoms with E-state index in [2.05, 4.69) is 48.5 Å². The van der Waals surface area contributed by atoms with E-state index < -0.39 is 0 Å². The molecule has 1 aromatic carbocycles. The van der Waals surface area contributed by atoms with Gasteiger partial charge in [-0.15, -0.1) is 6.58 Å². The van der Waals surface area contributed by atoms with Crippen LogP contribution in [0.1, 0.15) is 37.9 Å². The van der Waals surface area contributed by atoms with Gasteiger partial charge in [-0.05, 0) is 73.0 Å². The van der Waals surface area contributed by atoms with Crippen LogP contribution in [0.15, 0.2) is 66.3 Å². The summed E-state index contributed by atoms with van der Waals surface area (Å²) in [5, 5.41) is 1.10. The standard InChI is InChI=1S/C31H36N4O3/c1-5-21-17-35-14-12-22(21)16-31(35,25-11-13-32-26-10-9-23(36-4)15-24(25)26)19-38-29-8-6-7-27(33-29)30-34-28(18-37-30)20(2)3/h5-11,13,15,20-22,28H,1,12,14,16-19H2,2-4H3/t21-,22+,28-,31-/m0/s1. The van der Waals surface area contributed by atoms with E-state index in [1.807, 2.05) is 36.5 Å². The first kappa shape index (κ1) is 24.9. The number of aromatic nitrogens is 2. The van der Waals surface area contributed by atoms with E-state index in [1.165, 1.54) is 12.0 Å². The molecule has 38 heavy (non-hydrogen) atoms. The third kappa shape index (κ3) is 4.33. The molecular weight excluding hydrogens is 476 g/mol. The third-order valence-electron chi connectivity index (χ3n) is 8.61. The van der Waals surface area contributed by atoms with Gasteiger partial charge in [0, 0.05) is 24.2 Å². The predicted molar refractivity (Wildman–Crippen MR) is 149 cm³/mol.